The van der Waals surface area contributed by atoms with Crippen molar-refractivity contribution in [2.24, 2.45) is 0 Å². The van der Waals surface area contributed by atoms with Crippen LogP contribution in [-0.4, -0.2) is 21.8 Å². The Labute approximate surface area is 156 Å². The summed E-state index contributed by atoms with van der Waals surface area (Å²) in [6, 6.07) is 18.0. The maximum atomic E-state index is 13.1. The van der Waals surface area contributed by atoms with Crippen molar-refractivity contribution in [2.75, 3.05) is 11.4 Å². The summed E-state index contributed by atoms with van der Waals surface area (Å²) >= 11 is 1.49. The number of hydrogen-bond donors (Lipinski definition) is 0. The highest BCUT2D eigenvalue weighted by Gasteiger charge is 2.21. The lowest BCUT2D eigenvalue weighted by Crippen LogP contribution is -2.31. The van der Waals surface area contributed by atoms with Crippen LogP contribution >= 0.6 is 11.3 Å². The van der Waals surface area contributed by atoms with E-state index in [-0.39, 0.29) is 5.91 Å². The summed E-state index contributed by atoms with van der Waals surface area (Å²) < 4.78 is 1.90. The van der Waals surface area contributed by atoms with Gasteiger partial charge in [0, 0.05) is 29.4 Å². The fraction of sp³-hybridized carbons (Fsp3) is 0.143. The standard InChI is InChI=1S/C21H19N3OS/c1-3-23(17-7-5-4-6-8-17)20(25)19-14-26-21-22-18(13-24(19)21)16-11-9-15(2)10-12-16/h4-14H,3H2,1-2H3. The molecule has 0 fully saturated rings. The first-order chi connectivity index (χ1) is 12.7. The fourth-order valence-electron chi connectivity index (χ4n) is 2.99. The Kier molecular flexibility index (Phi) is 4.31. The van der Waals surface area contributed by atoms with Crippen molar-refractivity contribution in [3.63, 3.8) is 0 Å². The van der Waals surface area contributed by atoms with E-state index in [1.807, 2.05) is 53.2 Å². The summed E-state index contributed by atoms with van der Waals surface area (Å²) in [5.41, 5.74) is 4.70. The molecule has 4 rings (SSSR count). The molecule has 2 heterocycles. The number of hydrogen-bond acceptors (Lipinski definition) is 3. The second-order valence-electron chi connectivity index (χ2n) is 6.15. The molecule has 0 atom stereocenters. The van der Waals surface area contributed by atoms with E-state index in [0.29, 0.717) is 12.2 Å². The average Bonchev–Trinajstić information content (AvgIpc) is 3.24. The van der Waals surface area contributed by atoms with Crippen molar-refractivity contribution in [1.29, 1.82) is 0 Å². The molecule has 0 unspecified atom stereocenters. The predicted molar refractivity (Wildman–Crippen MR) is 107 cm³/mol. The number of carbonyl (C=O) groups excluding carboxylic acids is 1. The van der Waals surface area contributed by atoms with Crippen molar-refractivity contribution < 1.29 is 4.79 Å². The number of amides is 1. The molecule has 2 aromatic heterocycles. The smallest absolute Gasteiger partial charge is 0.276 e. The highest BCUT2D eigenvalue weighted by Crippen LogP contribution is 2.26. The van der Waals surface area contributed by atoms with Crippen LogP contribution in [0.5, 0.6) is 0 Å². The van der Waals surface area contributed by atoms with E-state index >= 15 is 0 Å². The minimum Gasteiger partial charge on any atom is -0.307 e. The van der Waals surface area contributed by atoms with E-state index in [2.05, 4.69) is 36.2 Å². The quantitative estimate of drug-likeness (QED) is 0.511. The first-order valence-corrected chi connectivity index (χ1v) is 9.46. The van der Waals surface area contributed by atoms with Gasteiger partial charge in [0.05, 0.1) is 5.69 Å². The van der Waals surface area contributed by atoms with Crippen molar-refractivity contribution in [3.05, 3.63) is 77.4 Å². The van der Waals surface area contributed by atoms with Crippen molar-refractivity contribution >= 4 is 27.9 Å². The molecule has 26 heavy (non-hydrogen) atoms. The number of anilines is 1. The molecular formula is C21H19N3OS. The number of benzene rings is 2. The predicted octanol–water partition coefficient (Wildman–Crippen LogP) is 5.04. The van der Waals surface area contributed by atoms with Gasteiger partial charge in [-0.1, -0.05) is 48.0 Å². The van der Waals surface area contributed by atoms with Gasteiger partial charge >= 0.3 is 0 Å². The third-order valence-electron chi connectivity index (χ3n) is 4.40. The lowest BCUT2D eigenvalue weighted by molar-refractivity contribution is 0.0983. The number of thiazole rings is 1. The highest BCUT2D eigenvalue weighted by molar-refractivity contribution is 7.15. The molecule has 2 aromatic carbocycles. The average molecular weight is 361 g/mol. The number of nitrogens with zero attached hydrogens (tertiary/aromatic N) is 3. The van der Waals surface area contributed by atoms with Gasteiger partial charge in [-0.3, -0.25) is 9.20 Å². The zero-order valence-electron chi connectivity index (χ0n) is 14.7. The molecule has 4 aromatic rings. The summed E-state index contributed by atoms with van der Waals surface area (Å²) in [4.78, 5) is 20.4. The largest absolute Gasteiger partial charge is 0.307 e. The molecule has 1 amide bonds. The number of carbonyl (C=O) groups is 1. The van der Waals surface area contributed by atoms with Crippen LogP contribution in [0.1, 0.15) is 23.0 Å². The molecular weight excluding hydrogens is 342 g/mol. The van der Waals surface area contributed by atoms with Crippen LogP contribution in [0, 0.1) is 6.92 Å². The van der Waals surface area contributed by atoms with E-state index in [9.17, 15) is 4.79 Å². The number of aromatic nitrogens is 2. The van der Waals surface area contributed by atoms with Crippen LogP contribution in [0.3, 0.4) is 0 Å². The first kappa shape index (κ1) is 16.5. The van der Waals surface area contributed by atoms with Crippen LogP contribution < -0.4 is 4.90 Å². The van der Waals surface area contributed by atoms with Crippen LogP contribution in [-0.2, 0) is 0 Å². The lowest BCUT2D eigenvalue weighted by atomic mass is 10.1. The van der Waals surface area contributed by atoms with Crippen LogP contribution in [0.4, 0.5) is 5.69 Å². The third kappa shape index (κ3) is 2.91. The van der Waals surface area contributed by atoms with Crippen LogP contribution in [0.2, 0.25) is 0 Å². The zero-order valence-corrected chi connectivity index (χ0v) is 15.5. The van der Waals surface area contributed by atoms with Crippen LogP contribution in [0.25, 0.3) is 16.2 Å². The van der Waals surface area contributed by atoms with Gasteiger partial charge in [-0.15, -0.1) is 11.3 Å². The molecule has 0 aliphatic rings. The first-order valence-electron chi connectivity index (χ1n) is 8.58. The molecule has 4 nitrogen and oxygen atoms in total. The molecule has 0 saturated heterocycles. The molecule has 130 valence electrons. The Morgan fingerprint density at radius 1 is 1.12 bits per heavy atom. The van der Waals surface area contributed by atoms with Gasteiger partial charge in [0.15, 0.2) is 4.96 Å². The molecule has 0 radical (unpaired) electrons. The summed E-state index contributed by atoms with van der Waals surface area (Å²) in [5, 5.41) is 1.88. The number of para-hydroxylation sites is 1. The number of imidazole rings is 1. The van der Waals surface area contributed by atoms with Gasteiger partial charge in [0.2, 0.25) is 0 Å². The van der Waals surface area contributed by atoms with Crippen molar-refractivity contribution in [3.8, 4) is 11.3 Å². The number of aryl methyl sites for hydroxylation is 1. The Hall–Kier alpha value is -2.92. The minimum atomic E-state index is -0.0159. The Morgan fingerprint density at radius 3 is 2.54 bits per heavy atom. The maximum absolute atomic E-state index is 13.1. The van der Waals surface area contributed by atoms with E-state index < -0.39 is 0 Å². The Balaban J connectivity index is 1.72. The van der Waals surface area contributed by atoms with E-state index in [1.54, 1.807) is 4.90 Å². The molecule has 0 spiro atoms. The maximum Gasteiger partial charge on any atom is 0.276 e. The molecule has 0 aliphatic heterocycles. The number of rotatable bonds is 4. The van der Waals surface area contributed by atoms with Crippen molar-refractivity contribution in [2.45, 2.75) is 13.8 Å². The van der Waals surface area contributed by atoms with Gasteiger partial charge in [-0.2, -0.15) is 0 Å². The fourth-order valence-corrected chi connectivity index (χ4v) is 3.84. The Bertz CT molecular complexity index is 1050. The number of fused-ring (bicyclic) bond motifs is 1. The summed E-state index contributed by atoms with van der Waals surface area (Å²) in [6.07, 6.45) is 1.95. The zero-order chi connectivity index (χ0) is 18.1. The van der Waals surface area contributed by atoms with Gasteiger partial charge in [0.25, 0.3) is 5.91 Å². The molecule has 0 bridgehead atoms. The van der Waals surface area contributed by atoms with Gasteiger partial charge < -0.3 is 4.90 Å². The summed E-state index contributed by atoms with van der Waals surface area (Å²) in [6.45, 7) is 4.66. The summed E-state index contributed by atoms with van der Waals surface area (Å²) in [7, 11) is 0. The monoisotopic (exact) mass is 361 g/mol. The van der Waals surface area contributed by atoms with Gasteiger partial charge in [0.1, 0.15) is 5.69 Å². The third-order valence-corrected chi connectivity index (χ3v) is 5.24. The Morgan fingerprint density at radius 2 is 1.85 bits per heavy atom. The SMILES string of the molecule is CCN(C(=O)c1csc2nc(-c3ccc(C)cc3)cn12)c1ccccc1. The second-order valence-corrected chi connectivity index (χ2v) is 6.99. The van der Waals surface area contributed by atoms with Gasteiger partial charge in [-0.25, -0.2) is 4.98 Å². The summed E-state index contributed by atoms with van der Waals surface area (Å²) in [5.74, 6) is -0.0159. The topological polar surface area (TPSA) is 37.6 Å². The second kappa shape index (κ2) is 6.77. The van der Waals surface area contributed by atoms with Crippen LogP contribution in [0.15, 0.2) is 66.2 Å². The van der Waals surface area contributed by atoms with E-state index in [0.717, 1.165) is 21.9 Å². The minimum absolute atomic E-state index is 0.0159. The van der Waals surface area contributed by atoms with E-state index in [4.69, 9.17) is 0 Å². The highest BCUT2D eigenvalue weighted by atomic mass is 32.1. The van der Waals surface area contributed by atoms with Crippen molar-refractivity contribution in [1.82, 2.24) is 9.38 Å². The molecule has 0 saturated carbocycles. The van der Waals surface area contributed by atoms with Gasteiger partial charge in [-0.05, 0) is 26.0 Å². The molecule has 5 heteroatoms. The normalized spacial score (nSPS) is 11.0. The lowest BCUT2D eigenvalue weighted by Gasteiger charge is -2.20. The molecule has 0 N–H and O–H groups in total. The van der Waals surface area contributed by atoms with E-state index in [1.165, 1.54) is 16.9 Å². The molecule has 0 aliphatic carbocycles.